The number of fused-ring (bicyclic) bond motifs is 1. The Bertz CT molecular complexity index is 858. The van der Waals surface area contributed by atoms with E-state index in [1.807, 2.05) is 18.2 Å². The van der Waals surface area contributed by atoms with Gasteiger partial charge >= 0.3 is 0 Å². The first-order valence-corrected chi connectivity index (χ1v) is 9.53. The van der Waals surface area contributed by atoms with E-state index in [4.69, 9.17) is 25.8 Å². The minimum atomic E-state index is -0.159. The molecular formula is C21H25ClN2O4. The highest BCUT2D eigenvalue weighted by molar-refractivity contribution is 6.32. The fourth-order valence-electron chi connectivity index (χ4n) is 3.42. The molecule has 0 radical (unpaired) electrons. The monoisotopic (exact) mass is 404 g/mol. The van der Waals surface area contributed by atoms with Crippen LogP contribution in [0.2, 0.25) is 5.02 Å². The van der Waals surface area contributed by atoms with E-state index in [1.165, 1.54) is 14.2 Å². The smallest absolute Gasteiger partial charge is 0.253 e. The standard InChI is InChI=1S/C21H25ClN2O4/c1-5-24-13-15(28-18-9-7-6-8-17(18)24)12-23(2)21(25)14-10-16(22)20(27-4)19(11-14)26-3/h6-11,15H,5,12-13H2,1-4H3/t15-/m1/s1. The molecule has 7 heteroatoms. The van der Waals surface area contributed by atoms with Gasteiger partial charge in [-0.1, -0.05) is 23.7 Å². The van der Waals surface area contributed by atoms with Crippen molar-refractivity contribution in [3.8, 4) is 17.2 Å². The van der Waals surface area contributed by atoms with E-state index in [0.29, 0.717) is 28.6 Å². The maximum Gasteiger partial charge on any atom is 0.253 e. The van der Waals surface area contributed by atoms with Crippen molar-refractivity contribution in [2.45, 2.75) is 13.0 Å². The number of para-hydroxylation sites is 2. The van der Waals surface area contributed by atoms with Crippen LogP contribution in [0.5, 0.6) is 17.2 Å². The molecule has 0 aliphatic carbocycles. The Morgan fingerprint density at radius 1 is 1.29 bits per heavy atom. The number of amides is 1. The van der Waals surface area contributed by atoms with Gasteiger partial charge in [0.25, 0.3) is 5.91 Å². The van der Waals surface area contributed by atoms with Crippen LogP contribution < -0.4 is 19.1 Å². The number of benzene rings is 2. The Hall–Kier alpha value is -2.60. The number of hydrogen-bond donors (Lipinski definition) is 0. The first kappa shape index (κ1) is 20.1. The van der Waals surface area contributed by atoms with E-state index in [-0.39, 0.29) is 12.0 Å². The predicted octanol–water partition coefficient (Wildman–Crippen LogP) is 3.72. The second-order valence-corrected chi connectivity index (χ2v) is 7.03. The third-order valence-corrected chi connectivity index (χ3v) is 5.09. The Kier molecular flexibility index (Phi) is 6.19. The molecule has 1 heterocycles. The zero-order chi connectivity index (χ0) is 20.3. The fraction of sp³-hybridized carbons (Fsp3) is 0.381. The van der Waals surface area contributed by atoms with Crippen molar-refractivity contribution in [2.75, 3.05) is 45.8 Å². The van der Waals surface area contributed by atoms with Gasteiger partial charge in [0.2, 0.25) is 0 Å². The van der Waals surface area contributed by atoms with Crippen molar-refractivity contribution >= 4 is 23.2 Å². The van der Waals surface area contributed by atoms with Crippen LogP contribution in [0.25, 0.3) is 0 Å². The number of hydrogen-bond acceptors (Lipinski definition) is 5. The highest BCUT2D eigenvalue weighted by atomic mass is 35.5. The summed E-state index contributed by atoms with van der Waals surface area (Å²) >= 11 is 6.24. The third kappa shape index (κ3) is 3.97. The van der Waals surface area contributed by atoms with Gasteiger partial charge in [0.15, 0.2) is 11.5 Å². The van der Waals surface area contributed by atoms with E-state index in [2.05, 4.69) is 17.9 Å². The number of anilines is 1. The van der Waals surface area contributed by atoms with Gasteiger partial charge in [-0.3, -0.25) is 4.79 Å². The summed E-state index contributed by atoms with van der Waals surface area (Å²) < 4.78 is 16.6. The largest absolute Gasteiger partial charge is 0.493 e. The molecule has 3 rings (SSSR count). The van der Waals surface area contributed by atoms with Crippen LogP contribution >= 0.6 is 11.6 Å². The molecule has 1 amide bonds. The van der Waals surface area contributed by atoms with Gasteiger partial charge in [-0.15, -0.1) is 0 Å². The highest BCUT2D eigenvalue weighted by Gasteiger charge is 2.27. The maximum absolute atomic E-state index is 12.9. The Morgan fingerprint density at radius 2 is 2.04 bits per heavy atom. The van der Waals surface area contributed by atoms with Crippen molar-refractivity contribution in [3.63, 3.8) is 0 Å². The maximum atomic E-state index is 12.9. The van der Waals surface area contributed by atoms with Gasteiger partial charge in [-0.05, 0) is 31.2 Å². The molecule has 1 aliphatic heterocycles. The lowest BCUT2D eigenvalue weighted by molar-refractivity contribution is 0.0709. The molecule has 2 aromatic carbocycles. The minimum absolute atomic E-state index is 0.126. The van der Waals surface area contributed by atoms with Crippen molar-refractivity contribution in [1.29, 1.82) is 0 Å². The van der Waals surface area contributed by atoms with E-state index in [0.717, 1.165) is 24.5 Å². The van der Waals surface area contributed by atoms with Crippen molar-refractivity contribution in [2.24, 2.45) is 0 Å². The Labute approximate surface area is 170 Å². The first-order valence-electron chi connectivity index (χ1n) is 9.16. The van der Waals surface area contributed by atoms with Crippen LogP contribution in [0.3, 0.4) is 0 Å². The summed E-state index contributed by atoms with van der Waals surface area (Å²) in [6.07, 6.45) is -0.126. The molecule has 2 aromatic rings. The summed E-state index contributed by atoms with van der Waals surface area (Å²) in [4.78, 5) is 16.8. The third-order valence-electron chi connectivity index (χ3n) is 4.81. The van der Waals surface area contributed by atoms with E-state index >= 15 is 0 Å². The summed E-state index contributed by atoms with van der Waals surface area (Å²) in [5.41, 5.74) is 1.52. The average molecular weight is 405 g/mol. The van der Waals surface area contributed by atoms with Crippen LogP contribution in [0.1, 0.15) is 17.3 Å². The molecule has 0 saturated heterocycles. The van der Waals surface area contributed by atoms with E-state index in [1.54, 1.807) is 24.1 Å². The van der Waals surface area contributed by atoms with Crippen molar-refractivity contribution in [3.05, 3.63) is 47.0 Å². The molecule has 28 heavy (non-hydrogen) atoms. The summed E-state index contributed by atoms with van der Waals surface area (Å²) in [6, 6.07) is 11.2. The average Bonchev–Trinajstić information content (AvgIpc) is 2.71. The predicted molar refractivity (Wildman–Crippen MR) is 110 cm³/mol. The molecular weight excluding hydrogens is 380 g/mol. The molecule has 0 spiro atoms. The van der Waals surface area contributed by atoms with E-state index < -0.39 is 0 Å². The lowest BCUT2D eigenvalue weighted by Gasteiger charge is -2.37. The highest BCUT2D eigenvalue weighted by Crippen LogP contribution is 2.36. The molecule has 0 unspecified atom stereocenters. The van der Waals surface area contributed by atoms with E-state index in [9.17, 15) is 4.79 Å². The number of carbonyl (C=O) groups is 1. The quantitative estimate of drug-likeness (QED) is 0.734. The van der Waals surface area contributed by atoms with Crippen molar-refractivity contribution < 1.29 is 19.0 Å². The van der Waals surface area contributed by atoms with Gasteiger partial charge in [0.05, 0.1) is 38.0 Å². The second-order valence-electron chi connectivity index (χ2n) is 6.63. The number of methoxy groups -OCH3 is 2. The van der Waals surface area contributed by atoms with Gasteiger partial charge in [0, 0.05) is 19.2 Å². The lowest BCUT2D eigenvalue weighted by Crippen LogP contribution is -2.46. The number of ether oxygens (including phenoxy) is 3. The van der Waals surface area contributed by atoms with Crippen molar-refractivity contribution in [1.82, 2.24) is 4.90 Å². The molecule has 1 atom stereocenters. The zero-order valence-electron chi connectivity index (χ0n) is 16.6. The summed E-state index contributed by atoms with van der Waals surface area (Å²) in [5.74, 6) is 1.52. The number of carbonyl (C=O) groups excluding carboxylic acids is 1. The summed E-state index contributed by atoms with van der Waals surface area (Å²) in [5, 5.41) is 0.332. The molecule has 0 fully saturated rings. The molecule has 0 N–H and O–H groups in total. The number of halogens is 1. The van der Waals surface area contributed by atoms with Crippen LogP contribution in [0.15, 0.2) is 36.4 Å². The van der Waals surface area contributed by atoms with Gasteiger partial charge < -0.3 is 24.0 Å². The topological polar surface area (TPSA) is 51.2 Å². The van der Waals surface area contributed by atoms with Gasteiger partial charge in [-0.2, -0.15) is 0 Å². The Balaban J connectivity index is 1.76. The molecule has 6 nitrogen and oxygen atoms in total. The summed E-state index contributed by atoms with van der Waals surface area (Å²) in [7, 11) is 4.78. The van der Waals surface area contributed by atoms with Gasteiger partial charge in [-0.25, -0.2) is 0 Å². The zero-order valence-corrected chi connectivity index (χ0v) is 17.3. The summed E-state index contributed by atoms with van der Waals surface area (Å²) in [6.45, 7) is 4.16. The Morgan fingerprint density at radius 3 is 2.71 bits per heavy atom. The second kappa shape index (κ2) is 8.61. The number of rotatable bonds is 6. The molecule has 1 aliphatic rings. The molecule has 0 aromatic heterocycles. The number of likely N-dealkylation sites (N-methyl/N-ethyl adjacent to an activating group) is 2. The number of nitrogens with zero attached hydrogens (tertiary/aromatic N) is 2. The van der Waals surface area contributed by atoms with Crippen LogP contribution in [0, 0.1) is 0 Å². The fourth-order valence-corrected chi connectivity index (χ4v) is 3.71. The van der Waals surface area contributed by atoms with Crippen LogP contribution in [0.4, 0.5) is 5.69 Å². The SMILES string of the molecule is CCN1C[C@@H](CN(C)C(=O)c2cc(Cl)c(OC)c(OC)c2)Oc2ccccc21. The molecule has 0 bridgehead atoms. The molecule has 150 valence electrons. The van der Waals surface area contributed by atoms with Crippen LogP contribution in [-0.2, 0) is 0 Å². The molecule has 0 saturated carbocycles. The first-order chi connectivity index (χ1) is 13.5. The normalized spacial score (nSPS) is 15.5. The van der Waals surface area contributed by atoms with Gasteiger partial charge in [0.1, 0.15) is 11.9 Å². The minimum Gasteiger partial charge on any atom is -0.493 e. The van der Waals surface area contributed by atoms with Crippen LogP contribution in [-0.4, -0.2) is 57.8 Å². The lowest BCUT2D eigenvalue weighted by atomic mass is 10.1.